The van der Waals surface area contributed by atoms with Gasteiger partial charge in [-0.1, -0.05) is 91.0 Å². The Morgan fingerprint density at radius 2 is 1.19 bits per heavy atom. The van der Waals surface area contributed by atoms with E-state index in [1.807, 2.05) is 78.9 Å². The number of fused-ring (bicyclic) bond motifs is 1. The molecule has 3 aromatic carbocycles. The van der Waals surface area contributed by atoms with Gasteiger partial charge in [-0.25, -0.2) is 0 Å². The van der Waals surface area contributed by atoms with Crippen LogP contribution in [0.4, 0.5) is 5.82 Å². The van der Waals surface area contributed by atoms with E-state index in [9.17, 15) is 0 Å². The van der Waals surface area contributed by atoms with E-state index in [4.69, 9.17) is 4.74 Å². The molecule has 1 aromatic heterocycles. The fraction of sp³-hybridized carbons (Fsp3) is 0. The van der Waals surface area contributed by atoms with Crippen LogP contribution in [0.1, 0.15) is 11.1 Å². The highest BCUT2D eigenvalue weighted by molar-refractivity contribution is 5.98. The standard InChI is InChI=1S/C23H17N3O/c1-4-10-16(11-5-1)19-21(18-14-8-3-9-15-18)27-22-20(25-26-23(22)24-19)17-12-6-2-7-13-17/h1-15H,(H2,24,25,26). The largest absolute Gasteiger partial charge is 0.448 e. The minimum atomic E-state index is 0.687. The quantitative estimate of drug-likeness (QED) is 0.519. The summed E-state index contributed by atoms with van der Waals surface area (Å²) in [6.45, 7) is 0. The molecule has 2 heterocycles. The maximum absolute atomic E-state index is 6.43. The van der Waals surface area contributed by atoms with Crippen molar-refractivity contribution >= 4 is 17.3 Å². The van der Waals surface area contributed by atoms with Gasteiger partial charge >= 0.3 is 0 Å². The minimum Gasteiger partial charge on any atom is -0.448 e. The number of ether oxygens (including phenoxy) is 1. The molecule has 0 radical (unpaired) electrons. The van der Waals surface area contributed by atoms with Crippen molar-refractivity contribution in [3.8, 4) is 17.0 Å². The van der Waals surface area contributed by atoms with Gasteiger partial charge in [0.1, 0.15) is 5.69 Å². The first-order valence-corrected chi connectivity index (χ1v) is 8.84. The molecule has 4 heteroatoms. The fourth-order valence-corrected chi connectivity index (χ4v) is 3.25. The average molecular weight is 351 g/mol. The van der Waals surface area contributed by atoms with Gasteiger partial charge in [0, 0.05) is 16.7 Å². The number of benzene rings is 3. The van der Waals surface area contributed by atoms with Crippen molar-refractivity contribution < 1.29 is 4.74 Å². The van der Waals surface area contributed by atoms with Gasteiger partial charge in [0.15, 0.2) is 17.3 Å². The highest BCUT2D eigenvalue weighted by atomic mass is 16.5. The molecule has 0 amide bonds. The monoisotopic (exact) mass is 351 g/mol. The Morgan fingerprint density at radius 3 is 1.81 bits per heavy atom. The molecular formula is C23H17N3O. The van der Waals surface area contributed by atoms with Crippen LogP contribution < -0.4 is 10.1 Å². The molecule has 0 fully saturated rings. The Kier molecular flexibility index (Phi) is 3.72. The summed E-state index contributed by atoms with van der Waals surface area (Å²) in [4.78, 5) is 0. The first-order chi connectivity index (χ1) is 13.4. The number of rotatable bonds is 3. The minimum absolute atomic E-state index is 0.687. The normalized spacial score (nSPS) is 12.9. The Hall–Kier alpha value is -3.79. The van der Waals surface area contributed by atoms with Gasteiger partial charge in [-0.15, -0.1) is 0 Å². The summed E-state index contributed by atoms with van der Waals surface area (Å²) in [7, 11) is 0. The van der Waals surface area contributed by atoms with Crippen LogP contribution in [-0.4, -0.2) is 10.2 Å². The molecule has 2 N–H and O–H groups in total. The molecule has 27 heavy (non-hydrogen) atoms. The Bertz CT molecular complexity index is 1100. The molecule has 0 saturated carbocycles. The maximum atomic E-state index is 6.43. The number of hydrogen-bond donors (Lipinski definition) is 2. The summed E-state index contributed by atoms with van der Waals surface area (Å²) < 4.78 is 6.43. The first-order valence-electron chi connectivity index (χ1n) is 8.84. The Morgan fingerprint density at radius 1 is 0.630 bits per heavy atom. The van der Waals surface area contributed by atoms with Crippen molar-refractivity contribution in [3.63, 3.8) is 0 Å². The topological polar surface area (TPSA) is 49.9 Å². The van der Waals surface area contributed by atoms with Crippen molar-refractivity contribution in [2.45, 2.75) is 0 Å². The Balaban J connectivity index is 1.66. The molecule has 4 nitrogen and oxygen atoms in total. The number of hydrogen-bond acceptors (Lipinski definition) is 3. The molecule has 5 rings (SSSR count). The average Bonchev–Trinajstić information content (AvgIpc) is 3.18. The second kappa shape index (κ2) is 6.50. The van der Waals surface area contributed by atoms with E-state index >= 15 is 0 Å². The summed E-state index contributed by atoms with van der Waals surface area (Å²) in [5.74, 6) is 2.18. The van der Waals surface area contributed by atoms with Gasteiger partial charge in [-0.3, -0.25) is 5.10 Å². The van der Waals surface area contributed by atoms with Crippen LogP contribution in [0.3, 0.4) is 0 Å². The number of aromatic amines is 1. The third-order valence-electron chi connectivity index (χ3n) is 4.56. The van der Waals surface area contributed by atoms with E-state index in [-0.39, 0.29) is 0 Å². The Labute approximate surface area is 157 Å². The van der Waals surface area contributed by atoms with Crippen LogP contribution >= 0.6 is 0 Å². The highest BCUT2D eigenvalue weighted by Crippen LogP contribution is 2.43. The molecular weight excluding hydrogens is 334 g/mol. The van der Waals surface area contributed by atoms with Crippen LogP contribution in [0.5, 0.6) is 5.75 Å². The second-order valence-electron chi connectivity index (χ2n) is 6.31. The smallest absolute Gasteiger partial charge is 0.197 e. The third kappa shape index (κ3) is 2.77. The van der Waals surface area contributed by atoms with Crippen molar-refractivity contribution in [2.24, 2.45) is 0 Å². The lowest BCUT2D eigenvalue weighted by Crippen LogP contribution is -2.13. The van der Waals surface area contributed by atoms with Crippen LogP contribution in [0.2, 0.25) is 0 Å². The van der Waals surface area contributed by atoms with Crippen LogP contribution in [0, 0.1) is 0 Å². The van der Waals surface area contributed by atoms with Crippen LogP contribution in [0.15, 0.2) is 91.0 Å². The lowest BCUT2D eigenvalue weighted by molar-refractivity contribution is 0.516. The molecule has 0 aliphatic carbocycles. The number of nitrogens with one attached hydrogen (secondary N) is 2. The molecule has 0 saturated heterocycles. The number of nitrogens with zero attached hydrogens (tertiary/aromatic N) is 1. The van der Waals surface area contributed by atoms with E-state index < -0.39 is 0 Å². The predicted molar refractivity (Wildman–Crippen MR) is 108 cm³/mol. The van der Waals surface area contributed by atoms with E-state index in [2.05, 4.69) is 27.6 Å². The fourth-order valence-electron chi connectivity index (χ4n) is 3.25. The van der Waals surface area contributed by atoms with Gasteiger partial charge in [0.25, 0.3) is 0 Å². The summed E-state index contributed by atoms with van der Waals surface area (Å²) in [6, 6.07) is 30.3. The molecule has 0 spiro atoms. The van der Waals surface area contributed by atoms with Gasteiger partial charge in [0.2, 0.25) is 0 Å². The predicted octanol–water partition coefficient (Wildman–Crippen LogP) is 5.41. The van der Waals surface area contributed by atoms with Crippen LogP contribution in [0.25, 0.3) is 22.7 Å². The van der Waals surface area contributed by atoms with E-state index in [0.29, 0.717) is 11.6 Å². The van der Waals surface area contributed by atoms with Crippen LogP contribution in [-0.2, 0) is 0 Å². The molecule has 130 valence electrons. The maximum Gasteiger partial charge on any atom is 0.197 e. The molecule has 0 unspecified atom stereocenters. The van der Waals surface area contributed by atoms with Gasteiger partial charge in [-0.2, -0.15) is 5.10 Å². The number of anilines is 1. The summed E-state index contributed by atoms with van der Waals surface area (Å²) in [5, 5.41) is 11.0. The van der Waals surface area contributed by atoms with E-state index in [1.165, 1.54) is 0 Å². The second-order valence-corrected chi connectivity index (χ2v) is 6.31. The zero-order chi connectivity index (χ0) is 18.1. The van der Waals surface area contributed by atoms with E-state index in [0.717, 1.165) is 33.8 Å². The molecule has 0 atom stereocenters. The molecule has 1 aliphatic rings. The molecule has 0 bridgehead atoms. The SMILES string of the molecule is c1ccc(C2=C(c3ccccc3)Oc3c(n[nH]c3-c3ccccc3)N2)cc1. The summed E-state index contributed by atoms with van der Waals surface area (Å²) in [6.07, 6.45) is 0. The number of H-pyrrole nitrogens is 1. The van der Waals surface area contributed by atoms with Crippen molar-refractivity contribution in [3.05, 3.63) is 102 Å². The zero-order valence-corrected chi connectivity index (χ0v) is 14.5. The lowest BCUT2D eigenvalue weighted by atomic mass is 10.0. The lowest BCUT2D eigenvalue weighted by Gasteiger charge is -2.23. The van der Waals surface area contributed by atoms with Crippen molar-refractivity contribution in [2.75, 3.05) is 5.32 Å². The van der Waals surface area contributed by atoms with Gasteiger partial charge in [-0.05, 0) is 0 Å². The highest BCUT2D eigenvalue weighted by Gasteiger charge is 2.27. The zero-order valence-electron chi connectivity index (χ0n) is 14.5. The third-order valence-corrected chi connectivity index (χ3v) is 4.56. The molecule has 1 aliphatic heterocycles. The molecule has 4 aromatic rings. The summed E-state index contributed by atoms with van der Waals surface area (Å²) >= 11 is 0. The van der Waals surface area contributed by atoms with Crippen molar-refractivity contribution in [1.82, 2.24) is 10.2 Å². The first kappa shape index (κ1) is 15.5. The van der Waals surface area contributed by atoms with E-state index in [1.54, 1.807) is 0 Å². The number of aromatic nitrogens is 2. The summed E-state index contributed by atoms with van der Waals surface area (Å²) in [5.41, 5.74) is 4.85. The van der Waals surface area contributed by atoms with Gasteiger partial charge in [0.05, 0.1) is 5.70 Å². The van der Waals surface area contributed by atoms with Crippen molar-refractivity contribution in [1.29, 1.82) is 0 Å². The van der Waals surface area contributed by atoms with Gasteiger partial charge < -0.3 is 10.1 Å².